The van der Waals surface area contributed by atoms with Crippen molar-refractivity contribution in [1.82, 2.24) is 0 Å². The lowest BCUT2D eigenvalue weighted by Gasteiger charge is -1.96. The van der Waals surface area contributed by atoms with Crippen LogP contribution in [0.1, 0.15) is 5.01 Å². The molecule has 1 aromatic heterocycles. The van der Waals surface area contributed by atoms with Gasteiger partial charge >= 0.3 is 10.4 Å². The largest absolute Gasteiger partial charge is 0.402 e. The van der Waals surface area contributed by atoms with Crippen LogP contribution in [0.3, 0.4) is 0 Å². The van der Waals surface area contributed by atoms with Gasteiger partial charge in [-0.25, -0.2) is 0 Å². The van der Waals surface area contributed by atoms with Crippen LogP contribution in [0.4, 0.5) is 0 Å². The number of fused-ring (bicyclic) bond motifs is 1. The Bertz CT molecular complexity index is 665. The molecule has 5 nitrogen and oxygen atoms in total. The fraction of sp³-hybridized carbons (Fsp3) is 0.222. The highest BCUT2D eigenvalue weighted by molar-refractivity contribution is 7.80. The fourth-order valence-corrected chi connectivity index (χ4v) is 2.85. The van der Waals surface area contributed by atoms with Crippen molar-refractivity contribution >= 4 is 43.6 Å². The first-order valence-electron chi connectivity index (χ1n) is 4.57. The molecule has 0 aliphatic rings. The lowest BCUT2D eigenvalue weighted by atomic mass is 10.3. The first kappa shape index (κ1) is 12.7. The normalized spacial score (nSPS) is 12.2. The van der Waals surface area contributed by atoms with Gasteiger partial charge in [0.25, 0.3) is 6.73 Å². The molecule has 0 bridgehead atoms. The van der Waals surface area contributed by atoms with Crippen LogP contribution in [0.5, 0.6) is 0 Å². The van der Waals surface area contributed by atoms with Crippen molar-refractivity contribution in [2.24, 2.45) is 0 Å². The van der Waals surface area contributed by atoms with E-state index in [9.17, 15) is 8.42 Å². The van der Waals surface area contributed by atoms with Crippen LogP contribution in [0, 0.1) is 6.92 Å². The van der Waals surface area contributed by atoms with Crippen LogP contribution in [-0.4, -0.2) is 13.0 Å². The molecule has 2 aromatic rings. The topological polar surface area (TPSA) is 67.5 Å². The second-order valence-electron chi connectivity index (χ2n) is 3.34. The maximum Gasteiger partial charge on any atom is 0.402 e. The number of halogens is 1. The molecule has 0 aliphatic carbocycles. The Labute approximate surface area is 107 Å². The Morgan fingerprint density at radius 2 is 2.24 bits per heavy atom. The molecule has 1 aromatic carbocycles. The summed E-state index contributed by atoms with van der Waals surface area (Å²) in [6, 6.07) is 5.32. The molecule has 0 radical (unpaired) electrons. The van der Waals surface area contributed by atoms with Gasteiger partial charge in [0.05, 0.1) is 0 Å². The number of aryl methyl sites for hydroxylation is 1. The van der Waals surface area contributed by atoms with Crippen molar-refractivity contribution in [3.63, 3.8) is 0 Å². The van der Waals surface area contributed by atoms with Crippen molar-refractivity contribution < 1.29 is 21.7 Å². The van der Waals surface area contributed by atoms with Gasteiger partial charge in [0.2, 0.25) is 10.5 Å². The Hall–Kier alpha value is -0.730. The van der Waals surface area contributed by atoms with E-state index in [1.54, 1.807) is 16.7 Å². The average molecular weight is 295 g/mol. The third-order valence-electron chi connectivity index (χ3n) is 2.18. The third-order valence-corrected chi connectivity index (χ3v) is 3.90. The van der Waals surface area contributed by atoms with E-state index in [0.29, 0.717) is 5.02 Å². The highest BCUT2D eigenvalue weighted by Gasteiger charge is 2.19. The molecule has 0 fully saturated rings. The molecule has 0 amide bonds. The van der Waals surface area contributed by atoms with E-state index in [0.717, 1.165) is 15.2 Å². The SMILES string of the molecule is Cc1sc2ccc(Cl)cc2[n+]1COS(=O)(=O)O. The van der Waals surface area contributed by atoms with Crippen molar-refractivity contribution in [2.45, 2.75) is 13.7 Å². The maximum atomic E-state index is 10.5. The zero-order chi connectivity index (χ0) is 12.6. The molecule has 1 heterocycles. The molecule has 0 aliphatic heterocycles. The van der Waals surface area contributed by atoms with Crippen molar-refractivity contribution in [3.05, 3.63) is 28.2 Å². The Morgan fingerprint density at radius 3 is 2.88 bits per heavy atom. The zero-order valence-corrected chi connectivity index (χ0v) is 11.1. The van der Waals surface area contributed by atoms with Gasteiger partial charge in [0.15, 0.2) is 0 Å². The van der Waals surface area contributed by atoms with Gasteiger partial charge in [0.1, 0.15) is 4.70 Å². The fourth-order valence-electron chi connectivity index (χ4n) is 1.45. The van der Waals surface area contributed by atoms with Gasteiger partial charge in [-0.2, -0.15) is 17.2 Å². The molecule has 92 valence electrons. The summed E-state index contributed by atoms with van der Waals surface area (Å²) in [6.45, 7) is 1.55. The van der Waals surface area contributed by atoms with Gasteiger partial charge in [-0.05, 0) is 12.1 Å². The maximum absolute atomic E-state index is 10.5. The first-order valence-corrected chi connectivity index (χ1v) is 7.13. The minimum Gasteiger partial charge on any atom is -0.263 e. The molecule has 0 unspecified atom stereocenters. The number of hydrogen-bond acceptors (Lipinski definition) is 4. The Kier molecular flexibility index (Phi) is 3.37. The summed E-state index contributed by atoms with van der Waals surface area (Å²) in [4.78, 5) is 0. The van der Waals surface area contributed by atoms with Gasteiger partial charge in [-0.3, -0.25) is 4.55 Å². The number of rotatable bonds is 3. The van der Waals surface area contributed by atoms with Crippen molar-refractivity contribution in [3.8, 4) is 0 Å². The predicted octanol–water partition coefficient (Wildman–Crippen LogP) is 1.93. The minimum atomic E-state index is -4.44. The molecule has 2 rings (SSSR count). The second kappa shape index (κ2) is 4.51. The molecule has 17 heavy (non-hydrogen) atoms. The van der Waals surface area contributed by atoms with E-state index >= 15 is 0 Å². The van der Waals surface area contributed by atoms with E-state index in [1.807, 2.05) is 13.0 Å². The Morgan fingerprint density at radius 1 is 1.53 bits per heavy atom. The number of nitrogens with zero attached hydrogens (tertiary/aromatic N) is 1. The zero-order valence-electron chi connectivity index (χ0n) is 8.75. The quantitative estimate of drug-likeness (QED) is 0.694. The van der Waals surface area contributed by atoms with Gasteiger partial charge in [0, 0.05) is 18.0 Å². The number of hydrogen-bond donors (Lipinski definition) is 1. The van der Waals surface area contributed by atoms with E-state index in [-0.39, 0.29) is 6.73 Å². The number of aromatic nitrogens is 1. The molecular formula is C9H9ClNO4S2+. The number of benzene rings is 1. The van der Waals surface area contributed by atoms with Gasteiger partial charge in [-0.15, -0.1) is 0 Å². The highest BCUT2D eigenvalue weighted by Crippen LogP contribution is 2.23. The van der Waals surface area contributed by atoms with E-state index in [4.69, 9.17) is 16.2 Å². The van der Waals surface area contributed by atoms with Crippen LogP contribution in [0.2, 0.25) is 5.02 Å². The van der Waals surface area contributed by atoms with E-state index < -0.39 is 10.4 Å². The smallest absolute Gasteiger partial charge is 0.263 e. The lowest BCUT2D eigenvalue weighted by molar-refractivity contribution is -0.702. The summed E-state index contributed by atoms with van der Waals surface area (Å²) < 4.78 is 36.6. The molecule has 8 heteroatoms. The lowest BCUT2D eigenvalue weighted by Crippen LogP contribution is -2.37. The van der Waals surface area contributed by atoms with Crippen LogP contribution in [0.15, 0.2) is 18.2 Å². The van der Waals surface area contributed by atoms with Gasteiger partial charge in [-0.1, -0.05) is 22.9 Å². The monoisotopic (exact) mass is 294 g/mol. The summed E-state index contributed by atoms with van der Waals surface area (Å²) in [5.41, 5.74) is 0.767. The average Bonchev–Trinajstić information content (AvgIpc) is 2.49. The summed E-state index contributed by atoms with van der Waals surface area (Å²) >= 11 is 7.36. The molecule has 0 saturated carbocycles. The van der Waals surface area contributed by atoms with Gasteiger partial charge < -0.3 is 0 Å². The molecule has 0 saturated heterocycles. The number of thiazole rings is 1. The Balaban J connectivity index is 2.45. The summed E-state index contributed by atoms with van der Waals surface area (Å²) in [7, 11) is -4.44. The third kappa shape index (κ3) is 2.93. The standard InChI is InChI=1S/C9H8ClNO4S2/c1-6-11(5-15-17(12,13)14)8-4-7(10)2-3-9(8)16-6/h2-4H,5H2,1H3/p+1. The summed E-state index contributed by atoms with van der Waals surface area (Å²) in [6.07, 6.45) is 0. The van der Waals surface area contributed by atoms with E-state index in [1.165, 1.54) is 11.3 Å². The molecule has 0 spiro atoms. The summed E-state index contributed by atoms with van der Waals surface area (Å²) in [5.74, 6) is 0. The first-order chi connectivity index (χ1) is 7.87. The van der Waals surface area contributed by atoms with Crippen LogP contribution < -0.4 is 4.57 Å². The second-order valence-corrected chi connectivity index (χ2v) is 6.10. The molecule has 1 N–H and O–H groups in total. The van der Waals surface area contributed by atoms with Crippen LogP contribution in [-0.2, 0) is 21.3 Å². The molecular weight excluding hydrogens is 286 g/mol. The van der Waals surface area contributed by atoms with Crippen molar-refractivity contribution in [2.75, 3.05) is 0 Å². The predicted molar refractivity (Wildman–Crippen MR) is 64.4 cm³/mol. The van der Waals surface area contributed by atoms with Crippen molar-refractivity contribution in [1.29, 1.82) is 0 Å². The molecule has 0 atom stereocenters. The minimum absolute atomic E-state index is 0.273. The van der Waals surface area contributed by atoms with E-state index in [2.05, 4.69) is 4.18 Å². The summed E-state index contributed by atoms with van der Waals surface area (Å²) in [5, 5.41) is 1.40. The highest BCUT2D eigenvalue weighted by atomic mass is 35.5. The van der Waals surface area contributed by atoms with Crippen LogP contribution >= 0.6 is 22.9 Å². The van der Waals surface area contributed by atoms with Crippen LogP contribution in [0.25, 0.3) is 10.2 Å².